The first kappa shape index (κ1) is 22.5. The molecule has 0 aliphatic heterocycles. The molecular weight excluding hydrogens is 416 g/mol. The minimum absolute atomic E-state index is 0.115. The number of fused-ring (bicyclic) bond motifs is 1. The van der Waals surface area contributed by atoms with Crippen LogP contribution < -0.4 is 16.8 Å². The third-order valence-electron chi connectivity index (χ3n) is 5.04. The van der Waals surface area contributed by atoms with E-state index in [1.54, 1.807) is 24.3 Å². The molecule has 0 aliphatic rings. The first-order valence-electron chi connectivity index (χ1n) is 9.98. The number of carboxylic acids is 2. The van der Waals surface area contributed by atoms with E-state index in [4.69, 9.17) is 21.7 Å². The number of carboxylic acid groups (broad SMARTS) is 2. The highest BCUT2D eigenvalue weighted by molar-refractivity contribution is 5.96. The molecule has 3 rings (SSSR count). The van der Waals surface area contributed by atoms with Crippen molar-refractivity contribution in [1.82, 2.24) is 20.3 Å². The van der Waals surface area contributed by atoms with Crippen LogP contribution in [0, 0.1) is 0 Å². The van der Waals surface area contributed by atoms with Gasteiger partial charge in [-0.2, -0.15) is 9.97 Å². The molecule has 11 nitrogen and oxygen atoms in total. The summed E-state index contributed by atoms with van der Waals surface area (Å²) in [6, 6.07) is 5.56. The molecule has 0 saturated carbocycles. The molecule has 0 unspecified atom stereocenters. The quantitative estimate of drug-likeness (QED) is 0.269. The zero-order chi connectivity index (χ0) is 23.3. The summed E-state index contributed by atoms with van der Waals surface area (Å²) in [5.74, 6) is -2.52. The number of H-pyrrole nitrogens is 1. The average Bonchev–Trinajstić information content (AvgIpc) is 3.14. The van der Waals surface area contributed by atoms with Gasteiger partial charge in [0.25, 0.3) is 5.91 Å². The Morgan fingerprint density at radius 2 is 1.78 bits per heavy atom. The number of hydrogen-bond acceptors (Lipinski definition) is 7. The molecule has 0 spiro atoms. The van der Waals surface area contributed by atoms with Gasteiger partial charge in [-0.3, -0.25) is 9.59 Å². The second kappa shape index (κ2) is 9.77. The van der Waals surface area contributed by atoms with Crippen molar-refractivity contribution in [3.05, 3.63) is 47.2 Å². The minimum Gasteiger partial charge on any atom is -0.481 e. The molecule has 11 heteroatoms. The van der Waals surface area contributed by atoms with Crippen LogP contribution in [0.3, 0.4) is 0 Å². The summed E-state index contributed by atoms with van der Waals surface area (Å²) in [7, 11) is 0. The smallest absolute Gasteiger partial charge is 0.326 e. The fraction of sp³-hybridized carbons (Fsp3) is 0.286. The number of aromatic nitrogens is 3. The predicted octanol–water partition coefficient (Wildman–Crippen LogP) is 1.35. The van der Waals surface area contributed by atoms with Crippen LogP contribution in [0.4, 0.5) is 11.8 Å². The van der Waals surface area contributed by atoms with Crippen molar-refractivity contribution in [2.75, 3.05) is 11.5 Å². The monoisotopic (exact) mass is 440 g/mol. The summed E-state index contributed by atoms with van der Waals surface area (Å²) in [6.07, 6.45) is 3.61. The van der Waals surface area contributed by atoms with E-state index >= 15 is 0 Å². The number of nitrogens with one attached hydrogen (secondary N) is 2. The van der Waals surface area contributed by atoms with Gasteiger partial charge in [-0.15, -0.1) is 0 Å². The van der Waals surface area contributed by atoms with Gasteiger partial charge in [0.15, 0.2) is 0 Å². The van der Waals surface area contributed by atoms with E-state index < -0.39 is 23.9 Å². The molecule has 32 heavy (non-hydrogen) atoms. The number of amides is 1. The normalized spacial score (nSPS) is 11.9. The van der Waals surface area contributed by atoms with Gasteiger partial charge in [0.1, 0.15) is 17.5 Å². The van der Waals surface area contributed by atoms with Crippen molar-refractivity contribution < 1.29 is 24.6 Å². The Hall–Kier alpha value is -4.15. The van der Waals surface area contributed by atoms with Crippen LogP contribution in [-0.4, -0.2) is 49.1 Å². The Bertz CT molecular complexity index is 1140. The van der Waals surface area contributed by atoms with Gasteiger partial charge in [0.2, 0.25) is 5.95 Å². The number of carbonyl (C=O) groups excluding carboxylic acids is 1. The van der Waals surface area contributed by atoms with Crippen molar-refractivity contribution in [2.24, 2.45) is 0 Å². The fourth-order valence-electron chi connectivity index (χ4n) is 3.41. The largest absolute Gasteiger partial charge is 0.481 e. The number of anilines is 2. The first-order valence-corrected chi connectivity index (χ1v) is 9.98. The Kier molecular flexibility index (Phi) is 6.88. The highest BCUT2D eigenvalue weighted by Crippen LogP contribution is 2.24. The van der Waals surface area contributed by atoms with Gasteiger partial charge in [-0.25, -0.2) is 4.79 Å². The van der Waals surface area contributed by atoms with E-state index in [0.29, 0.717) is 17.0 Å². The maximum absolute atomic E-state index is 12.3. The number of aliphatic carboxylic acids is 2. The van der Waals surface area contributed by atoms with E-state index in [9.17, 15) is 14.4 Å². The molecule has 0 radical (unpaired) electrons. The van der Waals surface area contributed by atoms with Gasteiger partial charge >= 0.3 is 11.9 Å². The highest BCUT2D eigenvalue weighted by Gasteiger charge is 2.21. The zero-order valence-corrected chi connectivity index (χ0v) is 17.2. The molecule has 0 aliphatic carbocycles. The van der Waals surface area contributed by atoms with Crippen LogP contribution in [0.1, 0.15) is 40.7 Å². The van der Waals surface area contributed by atoms with E-state index in [2.05, 4.69) is 20.3 Å². The van der Waals surface area contributed by atoms with Crippen molar-refractivity contribution >= 4 is 40.6 Å². The number of benzene rings is 1. The summed E-state index contributed by atoms with van der Waals surface area (Å²) in [4.78, 5) is 45.4. The standard InChI is InChI=1S/C21H24N6O5/c22-17-16-13(10-24-18(16)27-21(23)26-17)3-1-2-11-4-6-12(7-5-11)19(30)25-14(20(31)32)8-9-15(28)29/h4-7,10,14H,1-3,8-9H2,(H,25,30)(H,28,29)(H,31,32)(H5,22,23,24,26,27)/t14-/m1/s1. The first-order chi connectivity index (χ1) is 15.2. The number of aromatic amines is 1. The number of aryl methyl sites for hydroxylation is 2. The van der Waals surface area contributed by atoms with Crippen molar-refractivity contribution in [3.63, 3.8) is 0 Å². The van der Waals surface area contributed by atoms with E-state index in [1.165, 1.54) is 0 Å². The Labute approximate surface area is 182 Å². The third kappa shape index (κ3) is 5.50. The molecule has 2 heterocycles. The second-order valence-electron chi connectivity index (χ2n) is 7.35. The van der Waals surface area contributed by atoms with E-state index in [-0.39, 0.29) is 18.8 Å². The van der Waals surface area contributed by atoms with Crippen LogP contribution in [-0.2, 0) is 22.4 Å². The van der Waals surface area contributed by atoms with Crippen LogP contribution in [0.5, 0.6) is 0 Å². The lowest BCUT2D eigenvalue weighted by molar-refractivity contribution is -0.140. The van der Waals surface area contributed by atoms with Crippen molar-refractivity contribution in [1.29, 1.82) is 0 Å². The number of hydrogen-bond donors (Lipinski definition) is 6. The minimum atomic E-state index is -1.28. The molecule has 1 aromatic carbocycles. The van der Waals surface area contributed by atoms with Crippen LogP contribution >= 0.6 is 0 Å². The molecular formula is C21H24N6O5. The molecule has 3 aromatic rings. The number of rotatable bonds is 10. The average molecular weight is 440 g/mol. The maximum atomic E-state index is 12.3. The summed E-state index contributed by atoms with van der Waals surface area (Å²) >= 11 is 0. The van der Waals surface area contributed by atoms with Crippen LogP contribution in [0.25, 0.3) is 11.0 Å². The molecule has 168 valence electrons. The molecule has 0 bridgehead atoms. The number of nitrogens with zero attached hydrogens (tertiary/aromatic N) is 2. The number of nitrogens with two attached hydrogens (primary N) is 2. The zero-order valence-electron chi connectivity index (χ0n) is 17.2. The van der Waals surface area contributed by atoms with E-state index in [0.717, 1.165) is 35.8 Å². The Morgan fingerprint density at radius 1 is 1.06 bits per heavy atom. The topological polar surface area (TPSA) is 197 Å². The lowest BCUT2D eigenvalue weighted by Crippen LogP contribution is -2.41. The summed E-state index contributed by atoms with van der Waals surface area (Å²) in [5.41, 5.74) is 14.5. The second-order valence-corrected chi connectivity index (χ2v) is 7.35. The summed E-state index contributed by atoms with van der Waals surface area (Å²) in [5, 5.41) is 21.0. The van der Waals surface area contributed by atoms with Gasteiger partial charge < -0.3 is 32.0 Å². The molecule has 2 aromatic heterocycles. The van der Waals surface area contributed by atoms with Crippen molar-refractivity contribution in [2.45, 2.75) is 38.1 Å². The molecule has 0 saturated heterocycles. The maximum Gasteiger partial charge on any atom is 0.326 e. The summed E-state index contributed by atoms with van der Waals surface area (Å²) in [6.45, 7) is 0. The van der Waals surface area contributed by atoms with E-state index in [1.807, 2.05) is 6.20 Å². The predicted molar refractivity (Wildman–Crippen MR) is 117 cm³/mol. The summed E-state index contributed by atoms with van der Waals surface area (Å²) < 4.78 is 0. The molecule has 8 N–H and O–H groups in total. The Balaban J connectivity index is 1.56. The third-order valence-corrected chi connectivity index (χ3v) is 5.04. The number of carbonyl (C=O) groups is 3. The SMILES string of the molecule is Nc1nc(N)c2c(CCCc3ccc(C(=O)N[C@H](CCC(=O)O)C(=O)O)cc3)c[nH]c2n1. The van der Waals surface area contributed by atoms with Crippen LogP contribution in [0.15, 0.2) is 30.5 Å². The van der Waals surface area contributed by atoms with Gasteiger partial charge in [-0.1, -0.05) is 12.1 Å². The fourth-order valence-corrected chi connectivity index (χ4v) is 3.41. The van der Waals surface area contributed by atoms with Crippen molar-refractivity contribution in [3.8, 4) is 0 Å². The highest BCUT2D eigenvalue weighted by atomic mass is 16.4. The van der Waals surface area contributed by atoms with Gasteiger partial charge in [0, 0.05) is 18.2 Å². The molecule has 1 amide bonds. The lowest BCUT2D eigenvalue weighted by atomic mass is 10.0. The lowest BCUT2D eigenvalue weighted by Gasteiger charge is -2.13. The van der Waals surface area contributed by atoms with Gasteiger partial charge in [0.05, 0.1) is 5.39 Å². The van der Waals surface area contributed by atoms with Gasteiger partial charge in [-0.05, 0) is 48.9 Å². The van der Waals surface area contributed by atoms with Crippen LogP contribution in [0.2, 0.25) is 0 Å². The number of nitrogen functional groups attached to an aromatic ring is 2. The molecule has 0 fully saturated rings. The molecule has 1 atom stereocenters. The Morgan fingerprint density at radius 3 is 2.44 bits per heavy atom.